The fourth-order valence-electron chi connectivity index (χ4n) is 6.54. The van der Waals surface area contributed by atoms with Crippen molar-refractivity contribution in [1.29, 1.82) is 5.26 Å². The molecule has 1 N–H and O–H groups in total. The van der Waals surface area contributed by atoms with E-state index < -0.39 is 5.83 Å². The molecule has 0 atom stereocenters. The van der Waals surface area contributed by atoms with Gasteiger partial charge in [-0.2, -0.15) is 5.26 Å². The third kappa shape index (κ3) is 12.7. The van der Waals surface area contributed by atoms with E-state index in [9.17, 15) is 14.3 Å². The Kier molecular flexibility index (Phi) is 17.1. The molecule has 0 aliphatic carbocycles. The van der Waals surface area contributed by atoms with Crippen molar-refractivity contribution in [2.24, 2.45) is 4.99 Å². The molecule has 4 heterocycles. The molecule has 3 aliphatic heterocycles. The summed E-state index contributed by atoms with van der Waals surface area (Å²) in [7, 11) is 2.02. The van der Waals surface area contributed by atoms with Crippen molar-refractivity contribution in [3.63, 3.8) is 0 Å². The second kappa shape index (κ2) is 21.7. The number of hydrogen-bond donors (Lipinski definition) is 1. The Morgan fingerprint density at radius 3 is 2.56 bits per heavy atom. The second-order valence-electron chi connectivity index (χ2n) is 13.6. The Labute approximate surface area is 314 Å². The number of β-amino-alcohol motifs (C(OH)–C–C–N with tert-alkyl or cyclic N) is 1. The first-order valence-corrected chi connectivity index (χ1v) is 19.7. The SMILES string of the molecule is C=Cn1c(C/C=C\CCN2CCCCN(CCC(=O)N3CC(O)C3)CCC2)nc(CCC)c1N(C)C1=NC(C/C=C\C(F)=C/CC(=C)C#N)=CCS1. The average Bonchev–Trinajstić information content (AvgIpc) is 3.53. The van der Waals surface area contributed by atoms with E-state index in [1.807, 2.05) is 19.3 Å². The Bertz CT molecular complexity index is 1570. The number of aliphatic imine (C=N–C) groups is 1. The van der Waals surface area contributed by atoms with Crippen LogP contribution in [0.2, 0.25) is 0 Å². The number of likely N-dealkylation sites (tertiary alicyclic amines) is 1. The first-order valence-electron chi connectivity index (χ1n) is 18.7. The number of rotatable bonds is 17. The summed E-state index contributed by atoms with van der Waals surface area (Å²) in [6.07, 6.45) is 20.7. The highest BCUT2D eigenvalue weighted by molar-refractivity contribution is 8.14. The molecular formula is C40H57FN8O2S. The number of carbonyl (C=O) groups is 1. The minimum Gasteiger partial charge on any atom is -0.389 e. The zero-order valence-corrected chi connectivity index (χ0v) is 32.0. The van der Waals surface area contributed by atoms with Gasteiger partial charge in [-0.15, -0.1) is 0 Å². The predicted molar refractivity (Wildman–Crippen MR) is 213 cm³/mol. The Morgan fingerprint density at radius 2 is 1.87 bits per heavy atom. The fraction of sp³-hybridized carbons (Fsp3) is 0.550. The van der Waals surface area contributed by atoms with E-state index >= 15 is 0 Å². The van der Waals surface area contributed by atoms with Crippen LogP contribution in [0.4, 0.5) is 10.2 Å². The molecule has 3 aliphatic rings. The number of aliphatic hydroxyl groups is 1. The normalized spacial score (nSPS) is 18.4. The number of allylic oxidation sites excluding steroid dienone is 6. The number of aromatic nitrogens is 2. The van der Waals surface area contributed by atoms with Gasteiger partial charge in [0.05, 0.1) is 17.9 Å². The monoisotopic (exact) mass is 732 g/mol. The number of aliphatic hydroxyl groups excluding tert-OH is 1. The molecule has 2 fully saturated rings. The van der Waals surface area contributed by atoms with Gasteiger partial charge in [0.2, 0.25) is 5.91 Å². The van der Waals surface area contributed by atoms with Crippen LogP contribution in [0.1, 0.15) is 69.8 Å². The van der Waals surface area contributed by atoms with Crippen LogP contribution in [0.3, 0.4) is 0 Å². The second-order valence-corrected chi connectivity index (χ2v) is 14.6. The summed E-state index contributed by atoms with van der Waals surface area (Å²) in [5.74, 6) is 2.47. The number of hydrogen-bond acceptors (Lipinski definition) is 9. The molecule has 0 unspecified atom stereocenters. The first-order chi connectivity index (χ1) is 25.2. The molecule has 1 aromatic rings. The molecule has 0 bridgehead atoms. The molecule has 282 valence electrons. The molecule has 1 amide bonds. The maximum absolute atomic E-state index is 14.1. The van der Waals surface area contributed by atoms with Crippen LogP contribution in [-0.2, 0) is 17.6 Å². The van der Waals surface area contributed by atoms with Crippen molar-refractivity contribution < 1.29 is 14.3 Å². The number of imidazole rings is 1. The molecule has 0 spiro atoms. The fourth-order valence-corrected chi connectivity index (χ4v) is 7.43. The van der Waals surface area contributed by atoms with Crippen LogP contribution in [0.5, 0.6) is 0 Å². The summed E-state index contributed by atoms with van der Waals surface area (Å²) in [6, 6.07) is 1.93. The van der Waals surface area contributed by atoms with E-state index in [1.54, 1.807) is 22.7 Å². The molecule has 2 saturated heterocycles. The van der Waals surface area contributed by atoms with Gasteiger partial charge in [0.1, 0.15) is 17.5 Å². The number of carbonyl (C=O) groups excluding carboxylic acids is 1. The molecule has 0 radical (unpaired) electrons. The number of amidine groups is 1. The quantitative estimate of drug-likeness (QED) is 0.110. The zero-order chi connectivity index (χ0) is 37.3. The minimum absolute atomic E-state index is 0.161. The molecule has 10 nitrogen and oxygen atoms in total. The lowest BCUT2D eigenvalue weighted by molar-refractivity contribution is -0.141. The van der Waals surface area contributed by atoms with Gasteiger partial charge in [0, 0.05) is 82.1 Å². The number of halogens is 1. The van der Waals surface area contributed by atoms with Crippen molar-refractivity contribution in [3.8, 4) is 6.07 Å². The number of aryl methyl sites for hydroxylation is 1. The lowest BCUT2D eigenvalue weighted by Crippen LogP contribution is -2.54. The van der Waals surface area contributed by atoms with Gasteiger partial charge in [-0.1, -0.05) is 62.6 Å². The van der Waals surface area contributed by atoms with Crippen molar-refractivity contribution >= 4 is 34.9 Å². The number of thioether (sulfide) groups is 1. The largest absolute Gasteiger partial charge is 0.389 e. The molecule has 0 saturated carbocycles. The molecule has 0 aromatic carbocycles. The van der Waals surface area contributed by atoms with E-state index in [-0.39, 0.29) is 18.4 Å². The smallest absolute Gasteiger partial charge is 0.224 e. The van der Waals surface area contributed by atoms with Crippen molar-refractivity contribution in [3.05, 3.63) is 78.2 Å². The standard InChI is InChI=1S/C40H57FN8O2S/c1-5-14-36-39(45(4)40-43-34(21-28-52-40)16-12-15-33(41)19-18-32(3)29-42)49(6-2)37(44-36)17-8-7-9-22-46-23-10-11-24-47(26-13-25-46)27-20-38(51)48-30-35(50)31-48/h6-8,12,15,19,21,35,50H,2-3,5,9-11,13-14,16-18,20,22-28,30-31H2,1,4H3/b8-7-,15-12-,33-19+. The maximum Gasteiger partial charge on any atom is 0.224 e. The maximum atomic E-state index is 14.1. The third-order valence-corrected chi connectivity index (χ3v) is 10.4. The average molecular weight is 733 g/mol. The Morgan fingerprint density at radius 1 is 1.13 bits per heavy atom. The lowest BCUT2D eigenvalue weighted by Gasteiger charge is -2.36. The van der Waals surface area contributed by atoms with Crippen LogP contribution in [0.15, 0.2) is 71.7 Å². The number of amides is 1. The highest BCUT2D eigenvalue weighted by Gasteiger charge is 2.28. The van der Waals surface area contributed by atoms with Gasteiger partial charge in [0.15, 0.2) is 5.17 Å². The first kappa shape index (κ1) is 41.0. The molecule has 4 rings (SSSR count). The van der Waals surface area contributed by atoms with Gasteiger partial charge in [-0.3, -0.25) is 9.36 Å². The Balaban J connectivity index is 1.28. The summed E-state index contributed by atoms with van der Waals surface area (Å²) in [5, 5.41) is 19.2. The van der Waals surface area contributed by atoms with Crippen LogP contribution < -0.4 is 4.90 Å². The zero-order valence-electron chi connectivity index (χ0n) is 31.2. The van der Waals surface area contributed by atoms with Gasteiger partial charge in [-0.25, -0.2) is 14.4 Å². The van der Waals surface area contributed by atoms with Crippen LogP contribution in [-0.4, -0.2) is 112 Å². The minimum atomic E-state index is -0.392. The van der Waals surface area contributed by atoms with E-state index in [0.29, 0.717) is 37.9 Å². The topological polar surface area (TPSA) is 104 Å². The predicted octanol–water partition coefficient (Wildman–Crippen LogP) is 6.50. The number of anilines is 1. The van der Waals surface area contributed by atoms with Crippen LogP contribution >= 0.6 is 11.8 Å². The highest BCUT2D eigenvalue weighted by atomic mass is 32.2. The van der Waals surface area contributed by atoms with E-state index in [4.69, 9.17) is 15.2 Å². The van der Waals surface area contributed by atoms with E-state index in [2.05, 4.69) is 57.6 Å². The molecule has 12 heteroatoms. The molecule has 52 heavy (non-hydrogen) atoms. The number of nitriles is 1. The number of nitrogens with zero attached hydrogens (tertiary/aromatic N) is 8. The van der Waals surface area contributed by atoms with E-state index in [0.717, 1.165) is 112 Å². The highest BCUT2D eigenvalue weighted by Crippen LogP contribution is 2.29. The van der Waals surface area contributed by atoms with Gasteiger partial charge in [0.25, 0.3) is 0 Å². The van der Waals surface area contributed by atoms with Crippen LogP contribution in [0.25, 0.3) is 6.20 Å². The summed E-state index contributed by atoms with van der Waals surface area (Å²) in [5.41, 5.74) is 2.22. The summed E-state index contributed by atoms with van der Waals surface area (Å²) >= 11 is 1.66. The van der Waals surface area contributed by atoms with Crippen molar-refractivity contribution in [1.82, 2.24) is 24.3 Å². The van der Waals surface area contributed by atoms with Crippen molar-refractivity contribution in [2.45, 2.75) is 77.2 Å². The summed E-state index contributed by atoms with van der Waals surface area (Å²) in [4.78, 5) is 31.2. The van der Waals surface area contributed by atoms with Gasteiger partial charge >= 0.3 is 0 Å². The Hall–Kier alpha value is -3.76. The molecule has 1 aromatic heterocycles. The lowest BCUT2D eigenvalue weighted by atomic mass is 10.1. The van der Waals surface area contributed by atoms with Crippen molar-refractivity contribution in [2.75, 3.05) is 70.1 Å². The molecular weight excluding hydrogens is 676 g/mol. The van der Waals surface area contributed by atoms with Crippen LogP contribution in [0, 0.1) is 11.3 Å². The van der Waals surface area contributed by atoms with Gasteiger partial charge < -0.3 is 24.7 Å². The van der Waals surface area contributed by atoms with E-state index in [1.165, 1.54) is 12.2 Å². The summed E-state index contributed by atoms with van der Waals surface area (Å²) in [6.45, 7) is 16.9. The third-order valence-electron chi connectivity index (χ3n) is 9.46. The summed E-state index contributed by atoms with van der Waals surface area (Å²) < 4.78 is 16.2. The van der Waals surface area contributed by atoms with Gasteiger partial charge in [-0.05, 0) is 70.4 Å².